The van der Waals surface area contributed by atoms with Crippen LogP contribution in [-0.2, 0) is 0 Å². The molecule has 0 amide bonds. The van der Waals surface area contributed by atoms with Crippen LogP contribution in [0.3, 0.4) is 0 Å². The van der Waals surface area contributed by atoms with Gasteiger partial charge in [-0.2, -0.15) is 0 Å². The molecule has 0 aromatic heterocycles. The van der Waals surface area contributed by atoms with E-state index < -0.39 is 0 Å². The Hall–Kier alpha value is 0.439. The minimum absolute atomic E-state index is 0.792. The van der Waals surface area contributed by atoms with Crippen LogP contribution in [0.2, 0.25) is 10.6 Å². The van der Waals surface area contributed by atoms with Crippen LogP contribution in [0.1, 0.15) is 0 Å². The van der Waals surface area contributed by atoms with Crippen molar-refractivity contribution in [3.05, 3.63) is 5.21 Å². The topological polar surface area (TPSA) is 26.3 Å². The van der Waals surface area contributed by atoms with E-state index in [0.717, 1.165) is 43.7 Å². The monoisotopic (exact) mass is 166 g/mol. The van der Waals surface area contributed by atoms with E-state index in [1.807, 2.05) is 0 Å². The van der Waals surface area contributed by atoms with E-state index in [1.54, 1.807) is 0 Å². The van der Waals surface area contributed by atoms with E-state index >= 15 is 0 Å². The first-order chi connectivity index (χ1) is 3.39. The van der Waals surface area contributed by atoms with Crippen LogP contribution in [0.25, 0.3) is 0 Å². The van der Waals surface area contributed by atoms with Gasteiger partial charge in [0, 0.05) is 0 Å². The van der Waals surface area contributed by atoms with Crippen molar-refractivity contribution in [2.24, 2.45) is 0 Å². The molecule has 0 N–H and O–H groups in total. The Morgan fingerprint density at radius 3 is 2.14 bits per heavy atom. The molecule has 0 saturated carbocycles. The minimum atomic E-state index is 0.792. The summed E-state index contributed by atoms with van der Waals surface area (Å²) in [6, 6.07) is 0. The predicted molar refractivity (Wildman–Crippen MR) is 30.3 cm³/mol. The maximum atomic E-state index is 10.4. The summed E-state index contributed by atoms with van der Waals surface area (Å²) in [6.45, 7) is 1.58. The van der Waals surface area contributed by atoms with Gasteiger partial charge in [0.25, 0.3) is 0 Å². The van der Waals surface area contributed by atoms with Gasteiger partial charge >= 0.3 is 49.0 Å². The molecule has 0 aromatic rings. The van der Waals surface area contributed by atoms with Gasteiger partial charge in [-0.05, 0) is 0 Å². The summed E-state index contributed by atoms with van der Waals surface area (Å²) in [5, 5.41) is 13.9. The Morgan fingerprint density at radius 2 is 1.86 bits per heavy atom. The number of hydroxylamine groups is 2. The van der Waals surface area contributed by atoms with E-state index in [4.69, 9.17) is 0 Å². The van der Waals surface area contributed by atoms with Crippen molar-refractivity contribution < 1.29 is 0 Å². The molecule has 42 valence electrons. The Morgan fingerprint density at radius 1 is 1.29 bits per heavy atom. The number of hydrogen-bond acceptors (Lipinski definition) is 2. The Labute approximate surface area is 49.6 Å². The fraction of sp³-hybridized carbons (Fsp3) is 1.00. The molecule has 0 radical (unpaired) electrons. The Balaban J connectivity index is 2.12. The van der Waals surface area contributed by atoms with Crippen molar-refractivity contribution in [2.75, 3.05) is 13.1 Å². The standard InChI is InChI=1S/C4H8NOSe/c6-5-1-3-7-4-2-5/h1-4H2/q-1. The van der Waals surface area contributed by atoms with Gasteiger partial charge in [0.2, 0.25) is 0 Å². The molecule has 1 saturated heterocycles. The third-order valence-corrected chi connectivity index (χ3v) is 2.95. The second-order valence-corrected chi connectivity index (χ2v) is 4.11. The number of rotatable bonds is 0. The summed E-state index contributed by atoms with van der Waals surface area (Å²) in [4.78, 5) is 0. The van der Waals surface area contributed by atoms with Gasteiger partial charge in [0.1, 0.15) is 0 Å². The van der Waals surface area contributed by atoms with Crippen LogP contribution < -0.4 is 0 Å². The third-order valence-electron chi connectivity index (χ3n) is 0.970. The molecule has 1 aliphatic heterocycles. The van der Waals surface area contributed by atoms with E-state index in [1.165, 1.54) is 0 Å². The molecule has 1 fully saturated rings. The van der Waals surface area contributed by atoms with E-state index in [-0.39, 0.29) is 0 Å². The Kier molecular flexibility index (Phi) is 2.13. The van der Waals surface area contributed by atoms with Crippen LogP contribution >= 0.6 is 0 Å². The molecule has 0 bridgehead atoms. The zero-order valence-electron chi connectivity index (χ0n) is 4.09. The Bertz CT molecular complexity index is 53.7. The van der Waals surface area contributed by atoms with Crippen molar-refractivity contribution in [1.82, 2.24) is 5.06 Å². The van der Waals surface area contributed by atoms with E-state index in [9.17, 15) is 5.21 Å². The SMILES string of the molecule is [O-]N1CC[Se]CC1. The first kappa shape index (κ1) is 5.57. The number of nitrogens with zero attached hydrogens (tertiary/aromatic N) is 1. The molecule has 2 nitrogen and oxygen atoms in total. The molecule has 1 heterocycles. The molecule has 3 heteroatoms. The van der Waals surface area contributed by atoms with E-state index in [0.29, 0.717) is 0 Å². The van der Waals surface area contributed by atoms with Crippen LogP contribution in [-0.4, -0.2) is 33.1 Å². The van der Waals surface area contributed by atoms with Crippen molar-refractivity contribution in [1.29, 1.82) is 0 Å². The van der Waals surface area contributed by atoms with Crippen molar-refractivity contribution >= 4 is 15.0 Å². The zero-order chi connectivity index (χ0) is 5.11. The fourth-order valence-corrected chi connectivity index (χ4v) is 2.37. The van der Waals surface area contributed by atoms with Crippen LogP contribution in [0.15, 0.2) is 0 Å². The number of hydrogen-bond donors (Lipinski definition) is 0. The normalized spacial score (nSPS) is 25.3. The van der Waals surface area contributed by atoms with Crippen molar-refractivity contribution in [2.45, 2.75) is 10.6 Å². The second kappa shape index (κ2) is 2.68. The molecule has 1 rings (SSSR count). The second-order valence-electron chi connectivity index (χ2n) is 1.54. The third kappa shape index (κ3) is 1.78. The zero-order valence-corrected chi connectivity index (χ0v) is 5.81. The van der Waals surface area contributed by atoms with Gasteiger partial charge in [-0.15, -0.1) is 0 Å². The molecule has 0 aromatic carbocycles. The molecule has 7 heavy (non-hydrogen) atoms. The summed E-state index contributed by atoms with van der Waals surface area (Å²) >= 11 is 0.793. The molecule has 0 aliphatic carbocycles. The van der Waals surface area contributed by atoms with Crippen LogP contribution in [0.5, 0.6) is 0 Å². The van der Waals surface area contributed by atoms with Crippen LogP contribution in [0, 0.1) is 5.21 Å². The molecule has 1 aliphatic rings. The van der Waals surface area contributed by atoms with E-state index in [2.05, 4.69) is 0 Å². The molecule has 0 spiro atoms. The molecule has 0 atom stereocenters. The first-order valence-corrected chi connectivity index (χ1v) is 4.82. The first-order valence-electron chi connectivity index (χ1n) is 2.39. The van der Waals surface area contributed by atoms with Gasteiger partial charge in [-0.25, -0.2) is 0 Å². The fourth-order valence-electron chi connectivity index (χ4n) is 0.547. The predicted octanol–water partition coefficient (Wildman–Crippen LogP) is 0.341. The summed E-state index contributed by atoms with van der Waals surface area (Å²) in [5.74, 6) is 0. The van der Waals surface area contributed by atoms with Gasteiger partial charge in [0.05, 0.1) is 0 Å². The summed E-state index contributed by atoms with van der Waals surface area (Å²) in [6.07, 6.45) is 0. The maximum absolute atomic E-state index is 10.4. The van der Waals surface area contributed by atoms with Gasteiger partial charge < -0.3 is 0 Å². The van der Waals surface area contributed by atoms with Crippen molar-refractivity contribution in [3.63, 3.8) is 0 Å². The quantitative estimate of drug-likeness (QED) is 0.484. The van der Waals surface area contributed by atoms with Crippen molar-refractivity contribution in [3.8, 4) is 0 Å². The summed E-state index contributed by atoms with van der Waals surface area (Å²) < 4.78 is 0. The molecule has 0 unspecified atom stereocenters. The summed E-state index contributed by atoms with van der Waals surface area (Å²) in [7, 11) is 0. The van der Waals surface area contributed by atoms with Gasteiger partial charge in [-0.1, -0.05) is 0 Å². The van der Waals surface area contributed by atoms with Gasteiger partial charge in [-0.3, -0.25) is 0 Å². The molecular formula is C4H8NOSe-. The van der Waals surface area contributed by atoms with Crippen LogP contribution in [0.4, 0.5) is 0 Å². The average Bonchev–Trinajstić information content (AvgIpc) is 1.69. The van der Waals surface area contributed by atoms with Gasteiger partial charge in [0.15, 0.2) is 0 Å². The molecular weight excluding hydrogens is 157 g/mol. The summed E-state index contributed by atoms with van der Waals surface area (Å²) in [5.41, 5.74) is 0. The average molecular weight is 165 g/mol.